The number of hydrogen-bond donors (Lipinski definition) is 1. The van der Waals surface area contributed by atoms with Gasteiger partial charge in [0.15, 0.2) is 0 Å². The van der Waals surface area contributed by atoms with Crippen molar-refractivity contribution in [1.82, 2.24) is 9.78 Å². The van der Waals surface area contributed by atoms with Gasteiger partial charge < -0.3 is 5.11 Å². The van der Waals surface area contributed by atoms with Gasteiger partial charge in [0, 0.05) is 0 Å². The number of benzene rings is 2. The summed E-state index contributed by atoms with van der Waals surface area (Å²) in [4.78, 5) is 0. The summed E-state index contributed by atoms with van der Waals surface area (Å²) >= 11 is 0. The molecule has 0 amide bonds. The van der Waals surface area contributed by atoms with E-state index in [1.807, 2.05) is 12.3 Å². The van der Waals surface area contributed by atoms with E-state index >= 15 is 0 Å². The average Bonchev–Trinajstić information content (AvgIpc) is 3.31. The van der Waals surface area contributed by atoms with E-state index < -0.39 is 0 Å². The smallest absolute Gasteiger partial charge is 0.0700 e. The molecular formula is C27H30N2O. The first-order chi connectivity index (χ1) is 14.5. The van der Waals surface area contributed by atoms with E-state index in [0.29, 0.717) is 5.92 Å². The number of aromatic nitrogens is 2. The van der Waals surface area contributed by atoms with Crippen LogP contribution in [0.1, 0.15) is 48.6 Å². The number of aliphatic hydroxyl groups is 1. The van der Waals surface area contributed by atoms with Crippen molar-refractivity contribution >= 4 is 6.08 Å². The molecule has 3 heteroatoms. The fraction of sp³-hybridized carbons (Fsp3) is 0.370. The lowest BCUT2D eigenvalue weighted by molar-refractivity contribution is 0.0500. The van der Waals surface area contributed by atoms with Crippen LogP contribution >= 0.6 is 0 Å². The molecule has 3 atom stereocenters. The third kappa shape index (κ3) is 3.31. The Morgan fingerprint density at radius 2 is 1.90 bits per heavy atom. The largest absolute Gasteiger partial charge is 0.393 e. The second-order valence-electron chi connectivity index (χ2n) is 9.30. The maximum Gasteiger partial charge on any atom is 0.0700 e. The highest BCUT2D eigenvalue weighted by Crippen LogP contribution is 2.54. The first kappa shape index (κ1) is 19.3. The number of aliphatic hydroxyl groups excluding tert-OH is 1. The van der Waals surface area contributed by atoms with Crippen molar-refractivity contribution in [3.63, 3.8) is 0 Å². The number of allylic oxidation sites excluding steroid dienone is 1. The van der Waals surface area contributed by atoms with Crippen LogP contribution in [0, 0.1) is 18.3 Å². The predicted octanol–water partition coefficient (Wildman–Crippen LogP) is 5.53. The van der Waals surface area contributed by atoms with Crippen LogP contribution in [0.3, 0.4) is 0 Å². The maximum absolute atomic E-state index is 11.1. The number of hydrogen-bond acceptors (Lipinski definition) is 2. The Hall–Kier alpha value is -2.65. The number of nitrogens with zero attached hydrogens (tertiary/aromatic N) is 2. The molecule has 2 aliphatic rings. The number of aryl methyl sites for hydroxylation is 2. The molecule has 154 valence electrons. The molecule has 0 aliphatic heterocycles. The van der Waals surface area contributed by atoms with Gasteiger partial charge in [-0.1, -0.05) is 60.5 Å². The molecule has 1 fully saturated rings. The molecule has 1 heterocycles. The summed E-state index contributed by atoms with van der Waals surface area (Å²) in [6.07, 6.45) is 8.98. The van der Waals surface area contributed by atoms with Crippen molar-refractivity contribution < 1.29 is 5.11 Å². The topological polar surface area (TPSA) is 38.0 Å². The minimum Gasteiger partial charge on any atom is -0.393 e. The Bertz CT molecular complexity index is 1060. The second kappa shape index (κ2) is 7.55. The zero-order chi connectivity index (χ0) is 20.7. The summed E-state index contributed by atoms with van der Waals surface area (Å²) in [6, 6.07) is 19.1. The Morgan fingerprint density at radius 1 is 1.13 bits per heavy atom. The molecule has 5 rings (SSSR count). The van der Waals surface area contributed by atoms with Crippen molar-refractivity contribution in [3.05, 3.63) is 88.8 Å². The van der Waals surface area contributed by atoms with Crippen LogP contribution in [-0.4, -0.2) is 21.0 Å². The van der Waals surface area contributed by atoms with E-state index in [-0.39, 0.29) is 11.5 Å². The highest BCUT2D eigenvalue weighted by molar-refractivity contribution is 5.62. The van der Waals surface area contributed by atoms with Gasteiger partial charge in [-0.3, -0.25) is 0 Å². The first-order valence-electron chi connectivity index (χ1n) is 11.1. The summed E-state index contributed by atoms with van der Waals surface area (Å²) in [5, 5.41) is 15.8. The first-order valence-corrected chi connectivity index (χ1v) is 11.1. The lowest BCUT2D eigenvalue weighted by atomic mass is 9.67. The highest BCUT2D eigenvalue weighted by Gasteiger charge is 2.48. The monoisotopic (exact) mass is 398 g/mol. The lowest BCUT2D eigenvalue weighted by Crippen LogP contribution is -2.36. The van der Waals surface area contributed by atoms with Crippen LogP contribution < -0.4 is 0 Å². The SMILES string of the molecule is Cc1ccc(-n2ncc3c2C=C2CC[C@H]([C@@H](O)CCc4ccccc4)[C@@]2(C)C3)cc1. The third-order valence-corrected chi connectivity index (χ3v) is 7.35. The van der Waals surface area contributed by atoms with Gasteiger partial charge in [-0.05, 0) is 79.7 Å². The number of fused-ring (bicyclic) bond motifs is 2. The van der Waals surface area contributed by atoms with E-state index in [2.05, 4.69) is 73.1 Å². The Balaban J connectivity index is 1.38. The van der Waals surface area contributed by atoms with E-state index in [4.69, 9.17) is 5.10 Å². The van der Waals surface area contributed by atoms with Gasteiger partial charge >= 0.3 is 0 Å². The molecule has 0 spiro atoms. The van der Waals surface area contributed by atoms with Gasteiger partial charge in [0.2, 0.25) is 0 Å². The molecule has 1 N–H and O–H groups in total. The normalized spacial score (nSPS) is 23.6. The van der Waals surface area contributed by atoms with Crippen LogP contribution in [-0.2, 0) is 12.8 Å². The molecule has 0 saturated heterocycles. The summed E-state index contributed by atoms with van der Waals surface area (Å²) < 4.78 is 2.07. The zero-order valence-corrected chi connectivity index (χ0v) is 17.9. The molecule has 30 heavy (non-hydrogen) atoms. The molecule has 1 saturated carbocycles. The molecule has 0 radical (unpaired) electrons. The van der Waals surface area contributed by atoms with Crippen LogP contribution in [0.5, 0.6) is 0 Å². The summed E-state index contributed by atoms with van der Waals surface area (Å²) in [6.45, 7) is 4.46. The number of rotatable bonds is 5. The summed E-state index contributed by atoms with van der Waals surface area (Å²) in [5.74, 6) is 0.309. The van der Waals surface area contributed by atoms with Gasteiger partial charge in [0.1, 0.15) is 0 Å². The molecule has 0 bridgehead atoms. The molecular weight excluding hydrogens is 368 g/mol. The van der Waals surface area contributed by atoms with Crippen molar-refractivity contribution in [2.24, 2.45) is 11.3 Å². The van der Waals surface area contributed by atoms with E-state index in [1.165, 1.54) is 28.0 Å². The van der Waals surface area contributed by atoms with Crippen LogP contribution in [0.25, 0.3) is 11.8 Å². The van der Waals surface area contributed by atoms with Crippen molar-refractivity contribution in [2.45, 2.75) is 52.1 Å². The van der Waals surface area contributed by atoms with Gasteiger partial charge in [-0.15, -0.1) is 0 Å². The molecule has 3 aromatic rings. The predicted molar refractivity (Wildman–Crippen MR) is 122 cm³/mol. The highest BCUT2D eigenvalue weighted by atomic mass is 16.3. The Kier molecular flexibility index (Phi) is 4.86. The Morgan fingerprint density at radius 3 is 2.67 bits per heavy atom. The van der Waals surface area contributed by atoms with E-state index in [1.54, 1.807) is 0 Å². The Labute approximate surface area is 179 Å². The van der Waals surface area contributed by atoms with Crippen LogP contribution in [0.4, 0.5) is 0 Å². The zero-order valence-electron chi connectivity index (χ0n) is 17.9. The van der Waals surface area contributed by atoms with Crippen LogP contribution in [0.2, 0.25) is 0 Å². The minimum atomic E-state index is -0.269. The van der Waals surface area contributed by atoms with Gasteiger partial charge in [-0.2, -0.15) is 5.10 Å². The maximum atomic E-state index is 11.1. The summed E-state index contributed by atoms with van der Waals surface area (Å²) in [5.41, 5.74) is 7.70. The molecule has 2 aliphatic carbocycles. The fourth-order valence-corrected chi connectivity index (χ4v) is 5.55. The lowest BCUT2D eigenvalue weighted by Gasteiger charge is -2.38. The van der Waals surface area contributed by atoms with E-state index in [0.717, 1.165) is 37.8 Å². The van der Waals surface area contributed by atoms with Gasteiger partial charge in [-0.25, -0.2) is 4.68 Å². The fourth-order valence-electron chi connectivity index (χ4n) is 5.55. The summed E-state index contributed by atoms with van der Waals surface area (Å²) in [7, 11) is 0. The molecule has 3 nitrogen and oxygen atoms in total. The molecule has 2 aromatic carbocycles. The molecule has 0 unspecified atom stereocenters. The second-order valence-corrected chi connectivity index (χ2v) is 9.30. The van der Waals surface area contributed by atoms with E-state index in [9.17, 15) is 5.11 Å². The third-order valence-electron chi connectivity index (χ3n) is 7.35. The van der Waals surface area contributed by atoms with Crippen molar-refractivity contribution in [3.8, 4) is 5.69 Å². The van der Waals surface area contributed by atoms with Gasteiger partial charge in [0.25, 0.3) is 0 Å². The van der Waals surface area contributed by atoms with Crippen molar-refractivity contribution in [2.75, 3.05) is 0 Å². The minimum absolute atomic E-state index is 0.0320. The van der Waals surface area contributed by atoms with Crippen molar-refractivity contribution in [1.29, 1.82) is 0 Å². The quantitative estimate of drug-likeness (QED) is 0.614. The van der Waals surface area contributed by atoms with Crippen LogP contribution in [0.15, 0.2) is 66.4 Å². The molecule has 1 aromatic heterocycles. The standard InChI is InChI=1S/C27H30N2O/c1-19-8-12-23(13-9-19)29-25-16-22-11-14-24(27(22,2)17-21(25)18-28-29)26(30)15-10-20-6-4-3-5-7-20/h3-9,12-13,16,18,24,26,30H,10-11,14-15,17H2,1-2H3/t24-,26+,27+/m1/s1. The van der Waals surface area contributed by atoms with Gasteiger partial charge in [0.05, 0.1) is 23.7 Å². The average molecular weight is 399 g/mol.